The second kappa shape index (κ2) is 5.49. The van der Waals surface area contributed by atoms with E-state index in [1.165, 1.54) is 12.1 Å². The third kappa shape index (κ3) is 3.08. The normalized spacial score (nSPS) is 11.9. The molecule has 5 nitrogen and oxygen atoms in total. The Morgan fingerprint density at radius 1 is 1.21 bits per heavy atom. The number of nitro benzene ring substituents is 1. The van der Waals surface area contributed by atoms with Crippen molar-refractivity contribution in [3.8, 4) is 11.5 Å². The highest BCUT2D eigenvalue weighted by Crippen LogP contribution is 2.33. The molecule has 19 heavy (non-hydrogen) atoms. The standard InChI is InChI=1S/C14H13NO4/c1-10(16)11-7-8-14(13(9-11)15(17)18)19-12-5-3-2-4-6-12/h2-10,16H,1H3/t10-/m1/s1. The molecule has 0 amide bonds. The molecule has 0 spiro atoms. The van der Waals surface area contributed by atoms with E-state index in [1.54, 1.807) is 37.3 Å². The molecule has 0 saturated heterocycles. The van der Waals surface area contributed by atoms with Crippen molar-refractivity contribution in [1.29, 1.82) is 0 Å². The van der Waals surface area contributed by atoms with Crippen LogP contribution in [0.25, 0.3) is 0 Å². The maximum Gasteiger partial charge on any atom is 0.311 e. The summed E-state index contributed by atoms with van der Waals surface area (Å²) < 4.78 is 5.48. The fraction of sp³-hybridized carbons (Fsp3) is 0.143. The number of benzene rings is 2. The van der Waals surface area contributed by atoms with Gasteiger partial charge in [0.05, 0.1) is 11.0 Å². The quantitative estimate of drug-likeness (QED) is 0.674. The molecule has 0 aliphatic heterocycles. The molecule has 0 heterocycles. The molecule has 1 N–H and O–H groups in total. The zero-order valence-corrected chi connectivity index (χ0v) is 10.3. The zero-order valence-electron chi connectivity index (χ0n) is 10.3. The highest BCUT2D eigenvalue weighted by molar-refractivity contribution is 5.50. The molecule has 2 rings (SSSR count). The Balaban J connectivity index is 2.37. The van der Waals surface area contributed by atoms with Gasteiger partial charge in [-0.05, 0) is 30.7 Å². The number of ether oxygens (including phenoxy) is 1. The average molecular weight is 259 g/mol. The molecule has 0 aliphatic rings. The van der Waals surface area contributed by atoms with Crippen LogP contribution in [0.5, 0.6) is 11.5 Å². The van der Waals surface area contributed by atoms with Gasteiger partial charge in [-0.2, -0.15) is 0 Å². The first kappa shape index (κ1) is 13.0. The first-order valence-corrected chi connectivity index (χ1v) is 5.77. The van der Waals surface area contributed by atoms with E-state index in [1.807, 2.05) is 6.07 Å². The second-order valence-corrected chi connectivity index (χ2v) is 4.08. The van der Waals surface area contributed by atoms with Gasteiger partial charge in [-0.3, -0.25) is 10.1 Å². The van der Waals surface area contributed by atoms with Gasteiger partial charge in [0.15, 0.2) is 0 Å². The maximum absolute atomic E-state index is 11.0. The van der Waals surface area contributed by atoms with E-state index in [0.717, 1.165) is 0 Å². The Labute approximate surface area is 110 Å². The lowest BCUT2D eigenvalue weighted by atomic mass is 10.1. The van der Waals surface area contributed by atoms with Gasteiger partial charge in [-0.1, -0.05) is 24.3 Å². The summed E-state index contributed by atoms with van der Waals surface area (Å²) in [5.74, 6) is 0.677. The van der Waals surface area contributed by atoms with Gasteiger partial charge < -0.3 is 9.84 Å². The van der Waals surface area contributed by atoms with Gasteiger partial charge in [0.1, 0.15) is 5.75 Å². The van der Waals surface area contributed by atoms with Crippen LogP contribution in [0.2, 0.25) is 0 Å². The fourth-order valence-corrected chi connectivity index (χ4v) is 1.64. The van der Waals surface area contributed by atoms with Crippen LogP contribution < -0.4 is 4.74 Å². The average Bonchev–Trinajstić information content (AvgIpc) is 2.39. The van der Waals surface area contributed by atoms with E-state index in [-0.39, 0.29) is 11.4 Å². The second-order valence-electron chi connectivity index (χ2n) is 4.08. The lowest BCUT2D eigenvalue weighted by Crippen LogP contribution is -1.97. The van der Waals surface area contributed by atoms with Crippen molar-refractivity contribution in [2.24, 2.45) is 0 Å². The maximum atomic E-state index is 11.0. The van der Waals surface area contributed by atoms with Crippen LogP contribution in [0.4, 0.5) is 5.69 Å². The molecule has 0 bridgehead atoms. The third-order valence-electron chi connectivity index (χ3n) is 2.63. The summed E-state index contributed by atoms with van der Waals surface area (Å²) >= 11 is 0. The van der Waals surface area contributed by atoms with Gasteiger partial charge in [0, 0.05) is 6.07 Å². The summed E-state index contributed by atoms with van der Waals surface area (Å²) in [6.45, 7) is 1.55. The Hall–Kier alpha value is -2.40. The monoisotopic (exact) mass is 259 g/mol. The van der Waals surface area contributed by atoms with Crippen molar-refractivity contribution in [3.05, 3.63) is 64.2 Å². The lowest BCUT2D eigenvalue weighted by Gasteiger charge is -2.09. The van der Waals surface area contributed by atoms with E-state index >= 15 is 0 Å². The molecule has 5 heteroatoms. The fourth-order valence-electron chi connectivity index (χ4n) is 1.64. The minimum absolute atomic E-state index is 0.153. The highest BCUT2D eigenvalue weighted by Gasteiger charge is 2.18. The van der Waals surface area contributed by atoms with Gasteiger partial charge in [-0.25, -0.2) is 0 Å². The van der Waals surface area contributed by atoms with Gasteiger partial charge in [0.2, 0.25) is 5.75 Å². The number of hydrogen-bond acceptors (Lipinski definition) is 4. The van der Waals surface area contributed by atoms with Crippen molar-refractivity contribution in [2.75, 3.05) is 0 Å². The Morgan fingerprint density at radius 2 is 1.89 bits per heavy atom. The van der Waals surface area contributed by atoms with Crippen molar-refractivity contribution >= 4 is 5.69 Å². The van der Waals surface area contributed by atoms with E-state index in [9.17, 15) is 15.2 Å². The molecule has 1 atom stereocenters. The van der Waals surface area contributed by atoms with Crippen LogP contribution in [0.1, 0.15) is 18.6 Å². The topological polar surface area (TPSA) is 72.6 Å². The number of nitro groups is 1. The van der Waals surface area contributed by atoms with E-state index in [2.05, 4.69) is 0 Å². The van der Waals surface area contributed by atoms with E-state index in [4.69, 9.17) is 4.74 Å². The van der Waals surface area contributed by atoms with Crippen molar-refractivity contribution < 1.29 is 14.8 Å². The third-order valence-corrected chi connectivity index (χ3v) is 2.63. The summed E-state index contributed by atoms with van der Waals surface area (Å²) in [6, 6.07) is 13.2. The number of aliphatic hydroxyl groups excluding tert-OH is 1. The number of hydrogen-bond donors (Lipinski definition) is 1. The summed E-state index contributed by atoms with van der Waals surface area (Å²) in [5, 5.41) is 20.5. The predicted octanol–water partition coefficient (Wildman–Crippen LogP) is 3.44. The molecule has 0 aliphatic carbocycles. The van der Waals surface area contributed by atoms with Crippen molar-refractivity contribution in [1.82, 2.24) is 0 Å². The molecule has 98 valence electrons. The smallest absolute Gasteiger partial charge is 0.311 e. The molecule has 0 saturated carbocycles. The Bertz CT molecular complexity index is 581. The summed E-state index contributed by atoms with van der Waals surface area (Å²) in [4.78, 5) is 10.5. The first-order valence-electron chi connectivity index (χ1n) is 5.77. The van der Waals surface area contributed by atoms with Crippen LogP contribution in [-0.4, -0.2) is 10.0 Å². The number of para-hydroxylation sites is 1. The Morgan fingerprint density at radius 3 is 2.47 bits per heavy atom. The van der Waals surface area contributed by atoms with Crippen molar-refractivity contribution in [2.45, 2.75) is 13.0 Å². The lowest BCUT2D eigenvalue weighted by molar-refractivity contribution is -0.385. The molecule has 0 fully saturated rings. The zero-order chi connectivity index (χ0) is 13.8. The highest BCUT2D eigenvalue weighted by atomic mass is 16.6. The predicted molar refractivity (Wildman–Crippen MR) is 70.2 cm³/mol. The molecule has 2 aromatic carbocycles. The first-order chi connectivity index (χ1) is 9.08. The van der Waals surface area contributed by atoms with E-state index < -0.39 is 11.0 Å². The molecule has 0 radical (unpaired) electrons. The molecule has 0 unspecified atom stereocenters. The van der Waals surface area contributed by atoms with Crippen LogP contribution in [0.3, 0.4) is 0 Å². The van der Waals surface area contributed by atoms with Crippen molar-refractivity contribution in [3.63, 3.8) is 0 Å². The Kier molecular flexibility index (Phi) is 3.77. The number of nitrogens with zero attached hydrogens (tertiary/aromatic N) is 1. The molecule has 2 aromatic rings. The van der Waals surface area contributed by atoms with Crippen LogP contribution in [0.15, 0.2) is 48.5 Å². The molecular weight excluding hydrogens is 246 g/mol. The van der Waals surface area contributed by atoms with Crippen LogP contribution in [0, 0.1) is 10.1 Å². The van der Waals surface area contributed by atoms with Crippen LogP contribution >= 0.6 is 0 Å². The van der Waals surface area contributed by atoms with E-state index in [0.29, 0.717) is 11.3 Å². The number of rotatable bonds is 4. The number of aliphatic hydroxyl groups is 1. The SMILES string of the molecule is C[C@@H](O)c1ccc(Oc2ccccc2)c([N+](=O)[O-])c1. The summed E-state index contributed by atoms with van der Waals surface area (Å²) in [7, 11) is 0. The van der Waals surface area contributed by atoms with Crippen LogP contribution in [-0.2, 0) is 0 Å². The minimum Gasteiger partial charge on any atom is -0.450 e. The van der Waals surface area contributed by atoms with Gasteiger partial charge in [-0.15, -0.1) is 0 Å². The van der Waals surface area contributed by atoms with Gasteiger partial charge in [0.25, 0.3) is 0 Å². The summed E-state index contributed by atoms with van der Waals surface area (Å²) in [5.41, 5.74) is 0.314. The summed E-state index contributed by atoms with van der Waals surface area (Å²) in [6.07, 6.45) is -0.760. The largest absolute Gasteiger partial charge is 0.450 e. The molecular formula is C14H13NO4. The minimum atomic E-state index is -0.760. The molecule has 0 aromatic heterocycles. The van der Waals surface area contributed by atoms with Gasteiger partial charge >= 0.3 is 5.69 Å².